The molecule has 1 heterocycles. The van der Waals surface area contributed by atoms with Gasteiger partial charge < -0.3 is 0 Å². The highest BCUT2D eigenvalue weighted by molar-refractivity contribution is 6.20. The third-order valence-corrected chi connectivity index (χ3v) is 3.00. The van der Waals surface area contributed by atoms with E-state index >= 15 is 0 Å². The first-order valence-corrected chi connectivity index (χ1v) is 6.15. The summed E-state index contributed by atoms with van der Waals surface area (Å²) in [5, 5.41) is 10.6. The topological polar surface area (TPSA) is 68.9 Å². The summed E-state index contributed by atoms with van der Waals surface area (Å²) >= 11 is 6.00. The van der Waals surface area contributed by atoms with Crippen molar-refractivity contribution in [2.75, 3.05) is 0 Å². The molecule has 1 unspecified atom stereocenters. The summed E-state index contributed by atoms with van der Waals surface area (Å²) in [5.41, 5.74) is 2.27. The average molecular weight is 278 g/mol. The molecule has 0 aliphatic rings. The number of benzene rings is 1. The van der Waals surface area contributed by atoms with Gasteiger partial charge in [0.25, 0.3) is 5.69 Å². The maximum Gasteiger partial charge on any atom is 0.270 e. The highest BCUT2D eigenvalue weighted by Crippen LogP contribution is 2.25. The zero-order chi connectivity index (χ0) is 14.0. The van der Waals surface area contributed by atoms with E-state index in [9.17, 15) is 10.1 Å². The van der Waals surface area contributed by atoms with Crippen molar-refractivity contribution >= 4 is 17.3 Å². The Bertz CT molecular complexity index is 629. The van der Waals surface area contributed by atoms with Gasteiger partial charge in [-0.25, -0.2) is 9.97 Å². The zero-order valence-corrected chi connectivity index (χ0v) is 11.3. The van der Waals surface area contributed by atoms with Crippen LogP contribution in [0.25, 0.3) is 11.4 Å². The van der Waals surface area contributed by atoms with Crippen LogP contribution in [-0.2, 0) is 0 Å². The maximum atomic E-state index is 10.7. The van der Waals surface area contributed by atoms with Crippen LogP contribution in [0.3, 0.4) is 0 Å². The van der Waals surface area contributed by atoms with Crippen molar-refractivity contribution in [2.45, 2.75) is 19.2 Å². The van der Waals surface area contributed by atoms with Gasteiger partial charge in [0.15, 0.2) is 5.82 Å². The molecule has 6 heteroatoms. The van der Waals surface area contributed by atoms with Crippen LogP contribution in [0.1, 0.15) is 23.6 Å². The number of alkyl halides is 1. The Hall–Kier alpha value is -2.01. The van der Waals surface area contributed by atoms with Crippen LogP contribution >= 0.6 is 11.6 Å². The predicted octanol–water partition coefficient (Wildman–Crippen LogP) is 3.66. The maximum absolute atomic E-state index is 10.7. The number of aromatic nitrogens is 2. The minimum atomic E-state index is -0.439. The van der Waals surface area contributed by atoms with E-state index in [1.54, 1.807) is 18.3 Å². The van der Waals surface area contributed by atoms with Gasteiger partial charge >= 0.3 is 0 Å². The van der Waals surface area contributed by atoms with Gasteiger partial charge in [0.1, 0.15) is 0 Å². The number of nitro benzene ring substituents is 1. The van der Waals surface area contributed by atoms with Crippen LogP contribution in [0.2, 0.25) is 0 Å². The van der Waals surface area contributed by atoms with Crippen LogP contribution < -0.4 is 0 Å². The molecule has 19 heavy (non-hydrogen) atoms. The number of hydrogen-bond acceptors (Lipinski definition) is 4. The third kappa shape index (κ3) is 2.88. The Balaban J connectivity index is 2.45. The first kappa shape index (κ1) is 13.4. The Morgan fingerprint density at radius 2 is 2.16 bits per heavy atom. The Labute approximate surface area is 115 Å². The van der Waals surface area contributed by atoms with E-state index in [1.165, 1.54) is 12.1 Å². The molecule has 2 aromatic rings. The van der Waals surface area contributed by atoms with Crippen molar-refractivity contribution in [1.29, 1.82) is 0 Å². The largest absolute Gasteiger partial charge is 0.270 e. The van der Waals surface area contributed by atoms with Gasteiger partial charge in [-0.05, 0) is 13.8 Å². The number of non-ortho nitro benzene ring substituents is 1. The highest BCUT2D eigenvalue weighted by atomic mass is 35.5. The van der Waals surface area contributed by atoms with Crippen molar-refractivity contribution in [3.05, 3.63) is 51.8 Å². The van der Waals surface area contributed by atoms with E-state index in [0.29, 0.717) is 11.4 Å². The molecule has 0 spiro atoms. The molecule has 0 aliphatic heterocycles. The zero-order valence-electron chi connectivity index (χ0n) is 10.5. The number of hydrogen-bond donors (Lipinski definition) is 0. The van der Waals surface area contributed by atoms with E-state index < -0.39 is 4.92 Å². The monoisotopic (exact) mass is 277 g/mol. The first-order valence-electron chi connectivity index (χ1n) is 5.71. The predicted molar refractivity (Wildman–Crippen MR) is 73.1 cm³/mol. The molecule has 0 fully saturated rings. The average Bonchev–Trinajstić information content (AvgIpc) is 2.38. The van der Waals surface area contributed by atoms with E-state index in [-0.39, 0.29) is 11.1 Å². The van der Waals surface area contributed by atoms with E-state index in [1.807, 2.05) is 13.8 Å². The van der Waals surface area contributed by atoms with Crippen molar-refractivity contribution < 1.29 is 4.92 Å². The number of rotatable bonds is 3. The van der Waals surface area contributed by atoms with Crippen molar-refractivity contribution in [1.82, 2.24) is 9.97 Å². The molecule has 5 nitrogen and oxygen atoms in total. The summed E-state index contributed by atoms with van der Waals surface area (Å²) in [5.74, 6) is 0.460. The normalized spacial score (nSPS) is 12.2. The molecule has 2 rings (SSSR count). The second-order valence-electron chi connectivity index (χ2n) is 4.16. The molecule has 0 bridgehead atoms. The lowest BCUT2D eigenvalue weighted by molar-refractivity contribution is -0.384. The fourth-order valence-electron chi connectivity index (χ4n) is 1.76. The summed E-state index contributed by atoms with van der Waals surface area (Å²) in [6.07, 6.45) is 1.66. The first-order chi connectivity index (χ1) is 8.99. The van der Waals surface area contributed by atoms with Gasteiger partial charge in [-0.3, -0.25) is 10.1 Å². The summed E-state index contributed by atoms with van der Waals surface area (Å²) in [6.45, 7) is 3.69. The van der Waals surface area contributed by atoms with Crippen molar-refractivity contribution in [3.8, 4) is 11.4 Å². The quantitative estimate of drug-likeness (QED) is 0.488. The van der Waals surface area contributed by atoms with Crippen LogP contribution in [-0.4, -0.2) is 14.9 Å². The van der Waals surface area contributed by atoms with Gasteiger partial charge in [0, 0.05) is 35.2 Å². The second kappa shape index (κ2) is 5.32. The van der Waals surface area contributed by atoms with E-state index in [0.717, 1.165) is 11.3 Å². The molecule has 0 saturated carbocycles. The van der Waals surface area contributed by atoms with Crippen LogP contribution in [0, 0.1) is 17.0 Å². The van der Waals surface area contributed by atoms with Gasteiger partial charge in [0.05, 0.1) is 10.3 Å². The Morgan fingerprint density at radius 3 is 2.74 bits per heavy atom. The lowest BCUT2D eigenvalue weighted by atomic mass is 10.1. The van der Waals surface area contributed by atoms with Gasteiger partial charge in [-0.15, -0.1) is 11.6 Å². The van der Waals surface area contributed by atoms with Crippen LogP contribution in [0.15, 0.2) is 30.5 Å². The lowest BCUT2D eigenvalue weighted by Gasteiger charge is -2.08. The van der Waals surface area contributed by atoms with Crippen molar-refractivity contribution in [3.63, 3.8) is 0 Å². The number of nitrogens with zero attached hydrogens (tertiary/aromatic N) is 3. The summed E-state index contributed by atoms with van der Waals surface area (Å²) in [6, 6.07) is 6.25. The molecule has 0 amide bonds. The summed E-state index contributed by atoms with van der Waals surface area (Å²) < 4.78 is 0. The molecule has 0 aliphatic carbocycles. The van der Waals surface area contributed by atoms with Crippen molar-refractivity contribution in [2.24, 2.45) is 0 Å². The molecule has 0 radical (unpaired) electrons. The Morgan fingerprint density at radius 1 is 1.42 bits per heavy atom. The fourth-order valence-corrected chi connectivity index (χ4v) is 1.98. The smallest absolute Gasteiger partial charge is 0.258 e. The lowest BCUT2D eigenvalue weighted by Crippen LogP contribution is -1.99. The standard InChI is InChI=1S/C13H12ClN3O2/c1-8(14)12-7-15-13(16-9(12)2)10-4-3-5-11(6-10)17(18)19/h3-8H,1-2H3. The number of aryl methyl sites for hydroxylation is 1. The second-order valence-corrected chi connectivity index (χ2v) is 4.81. The molecule has 0 saturated heterocycles. The van der Waals surface area contributed by atoms with Gasteiger partial charge in [-0.1, -0.05) is 12.1 Å². The van der Waals surface area contributed by atoms with Gasteiger partial charge in [-0.2, -0.15) is 0 Å². The number of halogens is 1. The fraction of sp³-hybridized carbons (Fsp3) is 0.231. The van der Waals surface area contributed by atoms with Crippen LogP contribution in [0.5, 0.6) is 0 Å². The summed E-state index contributed by atoms with van der Waals surface area (Å²) in [7, 11) is 0. The molecular formula is C13H12ClN3O2. The minimum absolute atomic E-state index is 0.0218. The van der Waals surface area contributed by atoms with E-state index in [4.69, 9.17) is 11.6 Å². The Kier molecular flexibility index (Phi) is 3.76. The van der Waals surface area contributed by atoms with Gasteiger partial charge in [0.2, 0.25) is 0 Å². The molecule has 1 aromatic heterocycles. The summed E-state index contributed by atoms with van der Waals surface area (Å²) in [4.78, 5) is 18.9. The third-order valence-electron chi connectivity index (χ3n) is 2.76. The van der Waals surface area contributed by atoms with Crippen LogP contribution in [0.4, 0.5) is 5.69 Å². The number of nitro groups is 1. The molecular weight excluding hydrogens is 266 g/mol. The highest BCUT2D eigenvalue weighted by Gasteiger charge is 2.12. The molecule has 98 valence electrons. The molecule has 1 aromatic carbocycles. The van der Waals surface area contributed by atoms with E-state index in [2.05, 4.69) is 9.97 Å². The molecule has 1 atom stereocenters. The molecule has 0 N–H and O–H groups in total. The SMILES string of the molecule is Cc1nc(-c2cccc([N+](=O)[O-])c2)ncc1C(C)Cl. The minimum Gasteiger partial charge on any atom is -0.258 e.